The summed E-state index contributed by atoms with van der Waals surface area (Å²) < 4.78 is 5.50. The SMILES string of the molecule is CCCCOCN(C(=O)C(=O)O)c1c(CC)cccc1CC. The van der Waals surface area contributed by atoms with Gasteiger partial charge < -0.3 is 9.84 Å². The molecule has 0 radical (unpaired) electrons. The highest BCUT2D eigenvalue weighted by Gasteiger charge is 2.26. The standard InChI is InChI=1S/C17H25NO4/c1-4-7-11-22-12-18(16(19)17(20)21)15-13(5-2)9-8-10-14(15)6-3/h8-10H,4-7,11-12H2,1-3H3,(H,20,21). The molecule has 0 aliphatic rings. The Morgan fingerprint density at radius 3 is 2.18 bits per heavy atom. The number of carboxylic acid groups (broad SMARTS) is 1. The molecule has 0 bridgehead atoms. The summed E-state index contributed by atoms with van der Waals surface area (Å²) in [5.74, 6) is -2.42. The van der Waals surface area contributed by atoms with Crippen molar-refractivity contribution in [3.63, 3.8) is 0 Å². The van der Waals surface area contributed by atoms with Gasteiger partial charge in [-0.3, -0.25) is 9.69 Å². The third-order valence-corrected chi connectivity index (χ3v) is 3.53. The van der Waals surface area contributed by atoms with Crippen molar-refractivity contribution in [1.29, 1.82) is 0 Å². The van der Waals surface area contributed by atoms with Gasteiger partial charge in [-0.1, -0.05) is 45.4 Å². The molecule has 0 aromatic heterocycles. The summed E-state index contributed by atoms with van der Waals surface area (Å²) in [6.45, 7) is 6.50. The number of ether oxygens (including phenoxy) is 1. The molecule has 1 amide bonds. The first-order chi connectivity index (χ1) is 10.6. The largest absolute Gasteiger partial charge is 0.474 e. The number of carboxylic acids is 1. The number of carbonyl (C=O) groups is 2. The molecular formula is C17H25NO4. The second-order valence-electron chi connectivity index (χ2n) is 5.06. The molecule has 0 heterocycles. The molecule has 0 unspecified atom stereocenters. The molecular weight excluding hydrogens is 282 g/mol. The number of hydrogen-bond acceptors (Lipinski definition) is 3. The van der Waals surface area contributed by atoms with E-state index in [0.29, 0.717) is 12.3 Å². The van der Waals surface area contributed by atoms with Crippen LogP contribution in [-0.4, -0.2) is 30.3 Å². The molecule has 5 heteroatoms. The number of anilines is 1. The number of aliphatic carboxylic acids is 1. The lowest BCUT2D eigenvalue weighted by molar-refractivity contribution is -0.149. The summed E-state index contributed by atoms with van der Waals surface area (Å²) in [4.78, 5) is 24.5. The average molecular weight is 307 g/mol. The van der Waals surface area contributed by atoms with Crippen LogP contribution >= 0.6 is 0 Å². The van der Waals surface area contributed by atoms with E-state index < -0.39 is 11.9 Å². The van der Waals surface area contributed by atoms with E-state index in [1.165, 1.54) is 4.90 Å². The average Bonchev–Trinajstić information content (AvgIpc) is 2.53. The maximum atomic E-state index is 12.1. The summed E-state index contributed by atoms with van der Waals surface area (Å²) in [5, 5.41) is 9.10. The minimum absolute atomic E-state index is 0.0326. The summed E-state index contributed by atoms with van der Waals surface area (Å²) in [6.07, 6.45) is 3.31. The number of unbranched alkanes of at least 4 members (excludes halogenated alkanes) is 1. The van der Waals surface area contributed by atoms with Crippen molar-refractivity contribution in [2.45, 2.75) is 46.5 Å². The molecule has 122 valence electrons. The Hall–Kier alpha value is -1.88. The van der Waals surface area contributed by atoms with Gasteiger partial charge in [-0.2, -0.15) is 0 Å². The number of aryl methyl sites for hydroxylation is 2. The summed E-state index contributed by atoms with van der Waals surface area (Å²) in [5.41, 5.74) is 2.58. The first-order valence-corrected chi connectivity index (χ1v) is 7.80. The Kier molecular flexibility index (Phi) is 7.60. The minimum Gasteiger partial charge on any atom is -0.474 e. The van der Waals surface area contributed by atoms with Crippen LogP contribution in [0.25, 0.3) is 0 Å². The van der Waals surface area contributed by atoms with E-state index in [-0.39, 0.29) is 6.73 Å². The van der Waals surface area contributed by atoms with Crippen LogP contribution < -0.4 is 4.90 Å². The quantitative estimate of drug-likeness (QED) is 0.455. The molecule has 1 aromatic carbocycles. The maximum absolute atomic E-state index is 12.1. The maximum Gasteiger partial charge on any atom is 0.395 e. The van der Waals surface area contributed by atoms with Gasteiger partial charge in [-0.25, -0.2) is 4.79 Å². The molecule has 22 heavy (non-hydrogen) atoms. The van der Waals surface area contributed by atoms with E-state index in [2.05, 4.69) is 0 Å². The topological polar surface area (TPSA) is 66.8 Å². The highest BCUT2D eigenvalue weighted by Crippen LogP contribution is 2.27. The van der Waals surface area contributed by atoms with E-state index in [0.717, 1.165) is 36.8 Å². The third-order valence-electron chi connectivity index (χ3n) is 3.53. The molecule has 0 fully saturated rings. The van der Waals surface area contributed by atoms with E-state index in [1.807, 2.05) is 39.0 Å². The lowest BCUT2D eigenvalue weighted by Gasteiger charge is -2.26. The van der Waals surface area contributed by atoms with Gasteiger partial charge in [-0.05, 0) is 30.4 Å². The zero-order valence-corrected chi connectivity index (χ0v) is 13.6. The van der Waals surface area contributed by atoms with Crippen molar-refractivity contribution < 1.29 is 19.4 Å². The Morgan fingerprint density at radius 2 is 1.73 bits per heavy atom. The number of nitrogens with zero attached hydrogens (tertiary/aromatic N) is 1. The minimum atomic E-state index is -1.47. The molecule has 1 rings (SSSR count). The number of benzene rings is 1. The Labute approximate surface area is 131 Å². The predicted octanol–water partition coefficient (Wildman–Crippen LogP) is 3.00. The van der Waals surface area contributed by atoms with Gasteiger partial charge in [0.05, 0.1) is 5.69 Å². The molecule has 0 saturated heterocycles. The summed E-state index contributed by atoms with van der Waals surface area (Å²) >= 11 is 0. The monoisotopic (exact) mass is 307 g/mol. The number of amides is 1. The second kappa shape index (κ2) is 9.20. The molecule has 0 spiro atoms. The van der Waals surface area contributed by atoms with Gasteiger partial charge in [0.2, 0.25) is 0 Å². The number of rotatable bonds is 8. The Morgan fingerprint density at radius 1 is 1.14 bits per heavy atom. The van der Waals surface area contributed by atoms with Gasteiger partial charge in [-0.15, -0.1) is 0 Å². The molecule has 0 atom stereocenters. The molecule has 0 aliphatic heterocycles. The number of hydrogen-bond donors (Lipinski definition) is 1. The van der Waals surface area contributed by atoms with Crippen molar-refractivity contribution in [1.82, 2.24) is 0 Å². The Bertz CT molecular complexity index is 491. The van der Waals surface area contributed by atoms with Gasteiger partial charge in [0, 0.05) is 6.61 Å². The van der Waals surface area contributed by atoms with E-state index in [4.69, 9.17) is 9.84 Å². The normalized spacial score (nSPS) is 10.5. The zero-order valence-electron chi connectivity index (χ0n) is 13.6. The van der Waals surface area contributed by atoms with Crippen molar-refractivity contribution >= 4 is 17.6 Å². The van der Waals surface area contributed by atoms with Gasteiger partial charge in [0.15, 0.2) is 0 Å². The fourth-order valence-corrected chi connectivity index (χ4v) is 2.30. The summed E-state index contributed by atoms with van der Waals surface area (Å²) in [7, 11) is 0. The Balaban J connectivity index is 3.14. The zero-order chi connectivity index (χ0) is 16.5. The van der Waals surface area contributed by atoms with E-state index in [1.54, 1.807) is 0 Å². The van der Waals surface area contributed by atoms with Crippen LogP contribution in [0.2, 0.25) is 0 Å². The highest BCUT2D eigenvalue weighted by atomic mass is 16.5. The molecule has 0 aliphatic carbocycles. The van der Waals surface area contributed by atoms with Crippen LogP contribution in [0.15, 0.2) is 18.2 Å². The van der Waals surface area contributed by atoms with Crippen LogP contribution in [0.3, 0.4) is 0 Å². The smallest absolute Gasteiger partial charge is 0.395 e. The second-order valence-corrected chi connectivity index (χ2v) is 5.06. The number of para-hydroxylation sites is 1. The molecule has 1 aromatic rings. The third kappa shape index (κ3) is 4.56. The number of carbonyl (C=O) groups excluding carboxylic acids is 1. The first-order valence-electron chi connectivity index (χ1n) is 7.80. The molecule has 1 N–H and O–H groups in total. The van der Waals surface area contributed by atoms with Gasteiger partial charge in [0.1, 0.15) is 6.73 Å². The molecule has 5 nitrogen and oxygen atoms in total. The summed E-state index contributed by atoms with van der Waals surface area (Å²) in [6, 6.07) is 5.77. The first kappa shape index (κ1) is 18.2. The fourth-order valence-electron chi connectivity index (χ4n) is 2.30. The van der Waals surface area contributed by atoms with Crippen molar-refractivity contribution in [2.24, 2.45) is 0 Å². The molecule has 0 saturated carbocycles. The van der Waals surface area contributed by atoms with Gasteiger partial charge in [0.25, 0.3) is 0 Å². The van der Waals surface area contributed by atoms with Crippen LogP contribution in [0.1, 0.15) is 44.7 Å². The van der Waals surface area contributed by atoms with E-state index >= 15 is 0 Å². The predicted molar refractivity (Wildman–Crippen MR) is 86.0 cm³/mol. The van der Waals surface area contributed by atoms with Crippen molar-refractivity contribution in [3.05, 3.63) is 29.3 Å². The van der Waals surface area contributed by atoms with Crippen LogP contribution in [0, 0.1) is 0 Å². The van der Waals surface area contributed by atoms with Gasteiger partial charge >= 0.3 is 11.9 Å². The lowest BCUT2D eigenvalue weighted by Crippen LogP contribution is -2.39. The lowest BCUT2D eigenvalue weighted by atomic mass is 10.0. The van der Waals surface area contributed by atoms with E-state index in [9.17, 15) is 9.59 Å². The van der Waals surface area contributed by atoms with Crippen LogP contribution in [0.4, 0.5) is 5.69 Å². The van der Waals surface area contributed by atoms with Crippen LogP contribution in [-0.2, 0) is 27.2 Å². The van der Waals surface area contributed by atoms with Crippen LogP contribution in [0.5, 0.6) is 0 Å². The van der Waals surface area contributed by atoms with Crippen molar-refractivity contribution in [2.75, 3.05) is 18.2 Å². The fraction of sp³-hybridized carbons (Fsp3) is 0.529. The van der Waals surface area contributed by atoms with Crippen molar-refractivity contribution in [3.8, 4) is 0 Å². The highest BCUT2D eigenvalue weighted by molar-refractivity contribution is 6.37.